The van der Waals surface area contributed by atoms with Crippen molar-refractivity contribution >= 4 is 5.91 Å². The van der Waals surface area contributed by atoms with Gasteiger partial charge < -0.3 is 9.80 Å². The third kappa shape index (κ3) is 4.37. The van der Waals surface area contributed by atoms with Crippen LogP contribution in [-0.4, -0.2) is 54.6 Å². The van der Waals surface area contributed by atoms with Crippen LogP contribution in [-0.2, 0) is 4.79 Å². The monoisotopic (exact) mass is 320 g/mol. The molecule has 2 fully saturated rings. The van der Waals surface area contributed by atoms with Gasteiger partial charge in [0, 0.05) is 31.6 Å². The maximum absolute atomic E-state index is 12.3. The van der Waals surface area contributed by atoms with Crippen molar-refractivity contribution in [3.05, 3.63) is 0 Å². The number of carbonyl (C=O) groups is 1. The summed E-state index contributed by atoms with van der Waals surface area (Å²) in [5.41, 5.74) is -0.237. The Balaban J connectivity index is 1.83. The molecule has 2 aliphatic heterocycles. The van der Waals surface area contributed by atoms with Crippen molar-refractivity contribution in [2.45, 2.75) is 52.6 Å². The highest BCUT2D eigenvalue weighted by Gasteiger charge is 2.43. The highest BCUT2D eigenvalue weighted by Crippen LogP contribution is 2.41. The second-order valence-corrected chi connectivity index (χ2v) is 7.93. The van der Waals surface area contributed by atoms with Crippen molar-refractivity contribution in [1.29, 1.82) is 0 Å². The highest BCUT2D eigenvalue weighted by atomic mass is 19.4. The molecule has 0 N–H and O–H groups in total. The molecule has 22 heavy (non-hydrogen) atoms. The van der Waals surface area contributed by atoms with Crippen LogP contribution in [0.15, 0.2) is 0 Å². The highest BCUT2D eigenvalue weighted by molar-refractivity contribution is 5.81. The molecule has 0 bridgehead atoms. The van der Waals surface area contributed by atoms with E-state index in [1.54, 1.807) is 0 Å². The largest absolute Gasteiger partial charge is 0.390 e. The molecular formula is C16H27F3N2O. The number of hydrogen-bond donors (Lipinski definition) is 0. The first-order chi connectivity index (χ1) is 10.0. The summed E-state index contributed by atoms with van der Waals surface area (Å²) in [6, 6.07) is 0. The second kappa shape index (κ2) is 6.02. The van der Waals surface area contributed by atoms with Gasteiger partial charge in [-0.3, -0.25) is 4.79 Å². The second-order valence-electron chi connectivity index (χ2n) is 7.93. The van der Waals surface area contributed by atoms with E-state index in [0.29, 0.717) is 0 Å². The van der Waals surface area contributed by atoms with Gasteiger partial charge in [-0.15, -0.1) is 0 Å². The van der Waals surface area contributed by atoms with Crippen LogP contribution in [0.4, 0.5) is 13.2 Å². The van der Waals surface area contributed by atoms with Crippen LogP contribution in [0.5, 0.6) is 0 Å². The molecule has 0 saturated carbocycles. The molecule has 0 aromatic carbocycles. The first-order valence-corrected chi connectivity index (χ1v) is 8.09. The number of nitrogens with zero attached hydrogens (tertiary/aromatic N) is 2. The van der Waals surface area contributed by atoms with Crippen LogP contribution in [0, 0.1) is 10.8 Å². The molecule has 2 heterocycles. The Labute approximate surface area is 130 Å². The van der Waals surface area contributed by atoms with Crippen LogP contribution < -0.4 is 0 Å². The van der Waals surface area contributed by atoms with E-state index in [9.17, 15) is 18.0 Å². The molecular weight excluding hydrogens is 293 g/mol. The first-order valence-electron chi connectivity index (χ1n) is 8.09. The summed E-state index contributed by atoms with van der Waals surface area (Å²) in [5, 5.41) is 0. The molecule has 2 saturated heterocycles. The Hall–Kier alpha value is -0.780. The molecule has 2 rings (SSSR count). The zero-order chi connectivity index (χ0) is 16.6. The van der Waals surface area contributed by atoms with Crippen molar-refractivity contribution in [3.63, 3.8) is 0 Å². The minimum Gasteiger partial charge on any atom is -0.342 e. The lowest BCUT2D eigenvalue weighted by atomic mass is 9.77. The molecule has 2 aliphatic rings. The molecule has 0 unspecified atom stereocenters. The van der Waals surface area contributed by atoms with Crippen molar-refractivity contribution < 1.29 is 18.0 Å². The minimum atomic E-state index is -4.07. The van der Waals surface area contributed by atoms with E-state index in [1.165, 1.54) is 0 Å². The van der Waals surface area contributed by atoms with Gasteiger partial charge in [-0.05, 0) is 31.2 Å². The third-order valence-electron chi connectivity index (χ3n) is 4.98. The predicted octanol–water partition coefficient (Wildman–Crippen LogP) is 3.30. The van der Waals surface area contributed by atoms with Crippen LogP contribution in [0.3, 0.4) is 0 Å². The third-order valence-corrected chi connectivity index (χ3v) is 4.98. The molecule has 0 aromatic heterocycles. The van der Waals surface area contributed by atoms with E-state index >= 15 is 0 Å². The van der Waals surface area contributed by atoms with Crippen molar-refractivity contribution in [2.24, 2.45) is 10.8 Å². The van der Waals surface area contributed by atoms with Crippen molar-refractivity contribution in [3.8, 4) is 0 Å². The molecule has 0 radical (unpaired) electrons. The maximum atomic E-state index is 12.3. The normalized spacial score (nSPS) is 23.3. The average molecular weight is 320 g/mol. The van der Waals surface area contributed by atoms with Crippen LogP contribution in [0.1, 0.15) is 46.5 Å². The molecule has 0 aromatic rings. The topological polar surface area (TPSA) is 23.6 Å². The quantitative estimate of drug-likeness (QED) is 0.779. The van der Waals surface area contributed by atoms with Gasteiger partial charge in [-0.25, -0.2) is 0 Å². The Morgan fingerprint density at radius 2 is 1.59 bits per heavy atom. The van der Waals surface area contributed by atoms with E-state index in [1.807, 2.05) is 30.6 Å². The zero-order valence-electron chi connectivity index (χ0n) is 13.8. The predicted molar refractivity (Wildman–Crippen MR) is 79.4 cm³/mol. The van der Waals surface area contributed by atoms with Gasteiger partial charge >= 0.3 is 6.18 Å². The number of halogens is 3. The van der Waals surface area contributed by atoms with E-state index in [-0.39, 0.29) is 23.3 Å². The lowest BCUT2D eigenvalue weighted by Crippen LogP contribution is -2.47. The number of carbonyl (C=O) groups excluding carboxylic acids is 1. The van der Waals surface area contributed by atoms with Gasteiger partial charge in [0.25, 0.3) is 0 Å². The number of hydrogen-bond acceptors (Lipinski definition) is 2. The summed E-state index contributed by atoms with van der Waals surface area (Å²) < 4.78 is 37.0. The van der Waals surface area contributed by atoms with Gasteiger partial charge in [-0.1, -0.05) is 20.8 Å². The summed E-state index contributed by atoms with van der Waals surface area (Å²) in [6.45, 7) is 8.86. The summed E-state index contributed by atoms with van der Waals surface area (Å²) in [6.07, 6.45) is -2.01. The Kier molecular flexibility index (Phi) is 4.81. The number of amides is 1. The summed E-state index contributed by atoms with van der Waals surface area (Å²) in [5.74, 6) is 0.175. The van der Waals surface area contributed by atoms with Gasteiger partial charge in [-0.2, -0.15) is 13.2 Å². The molecule has 128 valence electrons. The van der Waals surface area contributed by atoms with Gasteiger partial charge in [0.05, 0.1) is 6.42 Å². The van der Waals surface area contributed by atoms with Crippen molar-refractivity contribution in [2.75, 3.05) is 32.7 Å². The Bertz CT molecular complexity index is 407. The van der Waals surface area contributed by atoms with E-state index < -0.39 is 12.6 Å². The molecule has 1 spiro atoms. The minimum absolute atomic E-state index is 0.107. The molecule has 1 amide bonds. The molecule has 3 nitrogen and oxygen atoms in total. The standard InChI is InChI=1S/C16H27F3N2O/c1-14(2,3)13(22)21-10-5-15(6-11-21)4-8-20(12-15)9-7-16(17,18)19/h4-12H2,1-3H3. The molecule has 0 aliphatic carbocycles. The van der Waals surface area contributed by atoms with Crippen LogP contribution in [0.25, 0.3) is 0 Å². The lowest BCUT2D eigenvalue weighted by molar-refractivity contribution is -0.142. The van der Waals surface area contributed by atoms with Gasteiger partial charge in [0.2, 0.25) is 5.91 Å². The molecule has 6 heteroatoms. The smallest absolute Gasteiger partial charge is 0.342 e. The van der Waals surface area contributed by atoms with Crippen molar-refractivity contribution in [1.82, 2.24) is 9.80 Å². The van der Waals surface area contributed by atoms with E-state index in [2.05, 4.69) is 0 Å². The lowest BCUT2D eigenvalue weighted by Gasteiger charge is -2.41. The van der Waals surface area contributed by atoms with Gasteiger partial charge in [0.15, 0.2) is 0 Å². The van der Waals surface area contributed by atoms with E-state index in [4.69, 9.17) is 0 Å². The molecule has 0 atom stereocenters. The summed E-state index contributed by atoms with van der Waals surface area (Å²) in [4.78, 5) is 16.2. The maximum Gasteiger partial charge on any atom is 0.390 e. The van der Waals surface area contributed by atoms with Crippen LogP contribution in [0.2, 0.25) is 0 Å². The zero-order valence-corrected chi connectivity index (χ0v) is 13.8. The number of alkyl halides is 3. The van der Waals surface area contributed by atoms with Crippen LogP contribution >= 0.6 is 0 Å². The fraction of sp³-hybridized carbons (Fsp3) is 0.938. The Morgan fingerprint density at radius 1 is 1.05 bits per heavy atom. The fourth-order valence-electron chi connectivity index (χ4n) is 3.57. The SMILES string of the molecule is CC(C)(C)C(=O)N1CCC2(CCN(CCC(F)(F)F)C2)CC1. The average Bonchev–Trinajstić information content (AvgIpc) is 2.78. The Morgan fingerprint density at radius 3 is 2.09 bits per heavy atom. The number of likely N-dealkylation sites (tertiary alicyclic amines) is 2. The number of rotatable bonds is 2. The van der Waals surface area contributed by atoms with Gasteiger partial charge in [0.1, 0.15) is 0 Å². The first kappa shape index (κ1) is 17.6. The summed E-state index contributed by atoms with van der Waals surface area (Å²) in [7, 11) is 0. The fourth-order valence-corrected chi connectivity index (χ4v) is 3.57. The summed E-state index contributed by atoms with van der Waals surface area (Å²) >= 11 is 0. The number of piperidine rings is 1. The van der Waals surface area contributed by atoms with E-state index in [0.717, 1.165) is 45.4 Å².